The molecule has 0 aromatic carbocycles. The molecule has 1 aliphatic heterocycles. The van der Waals surface area contributed by atoms with E-state index in [-0.39, 0.29) is 23.5 Å². The molecule has 0 amide bonds. The molecule has 4 heterocycles. The Labute approximate surface area is 211 Å². The second kappa shape index (κ2) is 9.95. The first-order chi connectivity index (χ1) is 17.2. The molecule has 191 valence electrons. The summed E-state index contributed by atoms with van der Waals surface area (Å²) >= 11 is 1.31. The number of hydrogen-bond acceptors (Lipinski definition) is 10. The van der Waals surface area contributed by atoms with Crippen LogP contribution in [0.5, 0.6) is 0 Å². The van der Waals surface area contributed by atoms with Gasteiger partial charge in [-0.25, -0.2) is 9.97 Å². The summed E-state index contributed by atoms with van der Waals surface area (Å²) in [5, 5.41) is 19.8. The number of fused-ring (bicyclic) bond motifs is 1. The van der Waals surface area contributed by atoms with Crippen molar-refractivity contribution in [3.8, 4) is 0 Å². The van der Waals surface area contributed by atoms with Gasteiger partial charge in [-0.1, -0.05) is 0 Å². The van der Waals surface area contributed by atoms with Gasteiger partial charge >= 0.3 is 10.3 Å². The first kappa shape index (κ1) is 24.9. The first-order valence-corrected chi connectivity index (χ1v) is 13.6. The number of nitrogens with zero attached hydrogens (tertiary/aromatic N) is 4. The molecule has 1 radical (unpaired) electrons. The Morgan fingerprint density at radius 3 is 2.97 bits per heavy atom. The lowest BCUT2D eigenvalue weighted by Gasteiger charge is -2.24. The molecule has 0 spiro atoms. The predicted octanol–water partition coefficient (Wildman–Crippen LogP) is 1.50. The van der Waals surface area contributed by atoms with Crippen molar-refractivity contribution in [3.05, 3.63) is 64.0 Å². The molecule has 3 aromatic heterocycles. The fraction of sp³-hybridized carbons (Fsp3) is 0.409. The van der Waals surface area contributed by atoms with E-state index < -0.39 is 22.3 Å². The number of anilines is 1. The molecule has 0 saturated heterocycles. The van der Waals surface area contributed by atoms with Gasteiger partial charge in [0.2, 0.25) is 5.78 Å². The average molecular weight is 534 g/mol. The van der Waals surface area contributed by atoms with Gasteiger partial charge in [0.15, 0.2) is 0 Å². The van der Waals surface area contributed by atoms with Crippen LogP contribution in [0.1, 0.15) is 51.0 Å². The van der Waals surface area contributed by atoms with Crippen LogP contribution in [0.4, 0.5) is 5.82 Å². The van der Waals surface area contributed by atoms with E-state index in [1.807, 2.05) is 34.0 Å². The molecule has 36 heavy (non-hydrogen) atoms. The Kier molecular flexibility index (Phi) is 6.89. The summed E-state index contributed by atoms with van der Waals surface area (Å²) in [6.45, 7) is 4.36. The smallest absolute Gasteiger partial charge is 0.333 e. The van der Waals surface area contributed by atoms with Crippen LogP contribution in [0.25, 0.3) is 0 Å². The van der Waals surface area contributed by atoms with E-state index in [0.29, 0.717) is 36.7 Å². The standard InChI is InChI=1S/C22H25N6O6S2/c1-12-7-25-28-2-3-34-21(19(12)28)14-5-18(35-10-14)20(30)16-9-23-11-24-22(16)27-15-4-13(17(29)6-15)8-26-36(31,32)33/h5,7-11,13,15,17,21,26,29H,2-4,6H2,1H3,(H,23,24,27)(H,31,32,33)/t13-,15-,17+,21+/m1/s1. The highest BCUT2D eigenvalue weighted by atomic mass is 32.2. The molecule has 14 heteroatoms. The third-order valence-corrected chi connectivity index (χ3v) is 7.74. The Morgan fingerprint density at radius 1 is 1.33 bits per heavy atom. The zero-order valence-corrected chi connectivity index (χ0v) is 20.9. The van der Waals surface area contributed by atoms with Gasteiger partial charge in [0.05, 0.1) is 41.6 Å². The number of thiophene rings is 1. The lowest BCUT2D eigenvalue weighted by molar-refractivity contribution is 0.0420. The summed E-state index contributed by atoms with van der Waals surface area (Å²) in [4.78, 5) is 22.2. The van der Waals surface area contributed by atoms with Gasteiger partial charge in [-0.05, 0) is 42.3 Å². The number of carbonyl (C=O) groups excluding carboxylic acids is 1. The number of carbonyl (C=O) groups is 1. The Hall–Kier alpha value is -2.75. The number of aromatic nitrogens is 4. The van der Waals surface area contributed by atoms with Gasteiger partial charge < -0.3 is 15.2 Å². The molecule has 1 aliphatic carbocycles. The lowest BCUT2D eigenvalue weighted by Crippen LogP contribution is -2.27. The molecule has 0 unspecified atom stereocenters. The van der Waals surface area contributed by atoms with Crippen LogP contribution in [0.15, 0.2) is 30.2 Å². The van der Waals surface area contributed by atoms with Crippen molar-refractivity contribution in [3.63, 3.8) is 0 Å². The maximum Gasteiger partial charge on any atom is 0.333 e. The second-order valence-corrected chi connectivity index (χ2v) is 10.9. The van der Waals surface area contributed by atoms with Crippen LogP contribution in [0, 0.1) is 19.4 Å². The monoisotopic (exact) mass is 533 g/mol. The highest BCUT2D eigenvalue weighted by Gasteiger charge is 2.35. The summed E-state index contributed by atoms with van der Waals surface area (Å²) in [6, 6.07) is 1.55. The molecular weight excluding hydrogens is 508 g/mol. The zero-order chi connectivity index (χ0) is 25.4. The summed E-state index contributed by atoms with van der Waals surface area (Å²) in [5.41, 5.74) is 3.18. The van der Waals surface area contributed by atoms with E-state index in [0.717, 1.165) is 23.4 Å². The average Bonchev–Trinajstić information content (AvgIpc) is 3.56. The Balaban J connectivity index is 1.31. The van der Waals surface area contributed by atoms with Crippen molar-refractivity contribution in [2.45, 2.75) is 44.6 Å². The quantitative estimate of drug-likeness (QED) is 0.246. The van der Waals surface area contributed by atoms with Gasteiger partial charge in [0.25, 0.3) is 0 Å². The van der Waals surface area contributed by atoms with E-state index in [9.17, 15) is 18.3 Å². The van der Waals surface area contributed by atoms with Crippen LogP contribution in [-0.4, -0.2) is 62.4 Å². The third-order valence-electron chi connectivity index (χ3n) is 6.36. The predicted molar refractivity (Wildman–Crippen MR) is 130 cm³/mol. The third kappa shape index (κ3) is 5.19. The molecule has 12 nitrogen and oxygen atoms in total. The van der Waals surface area contributed by atoms with Crippen molar-refractivity contribution < 1.29 is 27.6 Å². The number of aryl methyl sites for hydroxylation is 1. The lowest BCUT2D eigenvalue weighted by atomic mass is 10.0. The van der Waals surface area contributed by atoms with E-state index >= 15 is 0 Å². The number of aliphatic hydroxyl groups excluding tert-OH is 1. The van der Waals surface area contributed by atoms with Gasteiger partial charge in [0.1, 0.15) is 18.2 Å². The number of hydrogen-bond donors (Lipinski definition) is 4. The first-order valence-electron chi connectivity index (χ1n) is 11.3. The van der Waals surface area contributed by atoms with Crippen molar-refractivity contribution in [1.29, 1.82) is 0 Å². The van der Waals surface area contributed by atoms with Crippen LogP contribution in [-0.2, 0) is 21.6 Å². The number of ether oxygens (including phenoxy) is 1. The molecule has 1 saturated carbocycles. The molecular formula is C22H25N6O6S2. The highest BCUT2D eigenvalue weighted by molar-refractivity contribution is 7.83. The summed E-state index contributed by atoms with van der Waals surface area (Å²) in [7, 11) is -4.40. The normalized spacial score (nSPS) is 24.0. The van der Waals surface area contributed by atoms with E-state index in [4.69, 9.17) is 9.29 Å². The number of rotatable bonds is 8. The maximum absolute atomic E-state index is 13.4. The molecule has 3 aromatic rings. The van der Waals surface area contributed by atoms with Crippen molar-refractivity contribution >= 4 is 33.2 Å². The summed E-state index contributed by atoms with van der Waals surface area (Å²) in [6.07, 6.45) is 4.14. The van der Waals surface area contributed by atoms with Crippen molar-refractivity contribution in [2.75, 3.05) is 11.9 Å². The number of aliphatic hydroxyl groups is 1. The molecule has 0 bridgehead atoms. The zero-order valence-electron chi connectivity index (χ0n) is 19.2. The van der Waals surface area contributed by atoms with Gasteiger partial charge in [-0.3, -0.25) is 14.0 Å². The summed E-state index contributed by atoms with van der Waals surface area (Å²) < 4.78 is 40.6. The van der Waals surface area contributed by atoms with Gasteiger partial charge in [-0.2, -0.15) is 18.2 Å². The minimum atomic E-state index is -4.40. The van der Waals surface area contributed by atoms with Gasteiger partial charge in [0, 0.05) is 24.7 Å². The molecule has 4 atom stereocenters. The maximum atomic E-state index is 13.4. The summed E-state index contributed by atoms with van der Waals surface area (Å²) in [5.74, 6) is -0.434. The van der Waals surface area contributed by atoms with E-state index in [1.54, 1.807) is 0 Å². The highest BCUT2D eigenvalue weighted by Crippen LogP contribution is 2.35. The largest absolute Gasteiger partial charge is 0.393 e. The Bertz CT molecular complexity index is 1370. The number of nitrogens with one attached hydrogen (secondary N) is 2. The minimum Gasteiger partial charge on any atom is -0.393 e. The molecule has 5 rings (SSSR count). The number of ketones is 1. The van der Waals surface area contributed by atoms with Crippen molar-refractivity contribution in [2.24, 2.45) is 5.92 Å². The van der Waals surface area contributed by atoms with Crippen LogP contribution >= 0.6 is 11.3 Å². The van der Waals surface area contributed by atoms with E-state index in [1.165, 1.54) is 23.9 Å². The Morgan fingerprint density at radius 2 is 2.17 bits per heavy atom. The van der Waals surface area contributed by atoms with Crippen LogP contribution in [0.2, 0.25) is 0 Å². The molecule has 2 aliphatic rings. The fourth-order valence-corrected chi connectivity index (χ4v) is 5.88. The van der Waals surface area contributed by atoms with Gasteiger partial charge in [-0.15, -0.1) is 11.3 Å². The molecule has 4 N–H and O–H groups in total. The second-order valence-electron chi connectivity index (χ2n) is 8.85. The minimum absolute atomic E-state index is 0.245. The fourth-order valence-electron chi connectivity index (χ4n) is 4.66. The van der Waals surface area contributed by atoms with Crippen molar-refractivity contribution in [1.82, 2.24) is 24.5 Å². The molecule has 1 fully saturated rings. The van der Waals surface area contributed by atoms with E-state index in [2.05, 4.69) is 20.4 Å². The SMILES string of the molecule is Cc1cnn2c1[C@H](c1csc(C(=O)c3cncnc3N[C@H]3C[C@H](O)[C@@H]([CH]NS(=O)(=O)O)C3)c1)OCC2. The van der Waals surface area contributed by atoms with Crippen LogP contribution in [0.3, 0.4) is 0 Å². The topological polar surface area (TPSA) is 169 Å². The van der Waals surface area contributed by atoms with Crippen LogP contribution < -0.4 is 10.0 Å².